The Hall–Kier alpha value is -1.81. The maximum Gasteiger partial charge on any atom is 0.159 e. The first kappa shape index (κ1) is 13.6. The molecule has 0 saturated carbocycles. The molecule has 2 aromatic rings. The molecule has 19 heavy (non-hydrogen) atoms. The smallest absolute Gasteiger partial charge is 0.159 e. The van der Waals surface area contributed by atoms with E-state index in [1.807, 2.05) is 6.92 Å². The van der Waals surface area contributed by atoms with Crippen molar-refractivity contribution in [1.29, 1.82) is 0 Å². The van der Waals surface area contributed by atoms with E-state index in [4.69, 9.17) is 0 Å². The summed E-state index contributed by atoms with van der Waals surface area (Å²) in [6.07, 6.45) is 0. The Morgan fingerprint density at radius 1 is 0.895 bits per heavy atom. The van der Waals surface area contributed by atoms with Gasteiger partial charge in [-0.25, -0.2) is 13.2 Å². The van der Waals surface area contributed by atoms with Gasteiger partial charge in [0, 0.05) is 11.6 Å². The van der Waals surface area contributed by atoms with E-state index >= 15 is 0 Å². The van der Waals surface area contributed by atoms with Crippen molar-refractivity contribution >= 4 is 0 Å². The molecular weight excluding hydrogens is 251 g/mol. The predicted molar refractivity (Wildman–Crippen MR) is 69.2 cm³/mol. The van der Waals surface area contributed by atoms with Crippen LogP contribution in [0.15, 0.2) is 36.4 Å². The van der Waals surface area contributed by atoms with Gasteiger partial charge in [-0.1, -0.05) is 12.1 Å². The monoisotopic (exact) mass is 265 g/mol. The first-order chi connectivity index (χ1) is 9.02. The molecule has 0 amide bonds. The number of rotatable bonds is 3. The van der Waals surface area contributed by atoms with E-state index in [-0.39, 0.29) is 11.6 Å². The fourth-order valence-corrected chi connectivity index (χ4v) is 1.86. The van der Waals surface area contributed by atoms with E-state index in [0.717, 1.165) is 17.7 Å². The molecule has 1 atom stereocenters. The Kier molecular flexibility index (Phi) is 3.90. The lowest BCUT2D eigenvalue weighted by Gasteiger charge is -2.13. The molecular formula is C15H14F3N. The summed E-state index contributed by atoms with van der Waals surface area (Å²) in [4.78, 5) is 0. The van der Waals surface area contributed by atoms with Crippen LogP contribution in [0, 0.1) is 17.5 Å². The lowest BCUT2D eigenvalue weighted by molar-refractivity contribution is 0.509. The molecule has 0 fully saturated rings. The lowest BCUT2D eigenvalue weighted by Crippen LogP contribution is -2.12. The molecule has 0 aliphatic heterocycles. The highest BCUT2D eigenvalue weighted by Gasteiger charge is 2.11. The third kappa shape index (κ3) is 2.79. The van der Waals surface area contributed by atoms with Crippen molar-refractivity contribution in [2.24, 2.45) is 0 Å². The van der Waals surface area contributed by atoms with E-state index in [9.17, 15) is 13.2 Å². The highest BCUT2D eigenvalue weighted by atomic mass is 19.2. The summed E-state index contributed by atoms with van der Waals surface area (Å²) in [6, 6.07) is 8.05. The van der Waals surface area contributed by atoms with Crippen LogP contribution in [0.5, 0.6) is 0 Å². The second kappa shape index (κ2) is 5.45. The van der Waals surface area contributed by atoms with Gasteiger partial charge < -0.3 is 5.32 Å². The van der Waals surface area contributed by atoms with Crippen LogP contribution in [-0.4, -0.2) is 7.05 Å². The zero-order chi connectivity index (χ0) is 14.0. The van der Waals surface area contributed by atoms with Crippen LogP contribution in [0.1, 0.15) is 18.5 Å². The highest BCUT2D eigenvalue weighted by Crippen LogP contribution is 2.27. The van der Waals surface area contributed by atoms with Gasteiger partial charge in [0.05, 0.1) is 0 Å². The van der Waals surface area contributed by atoms with Crippen LogP contribution in [-0.2, 0) is 0 Å². The van der Waals surface area contributed by atoms with E-state index in [1.54, 1.807) is 19.2 Å². The highest BCUT2D eigenvalue weighted by molar-refractivity contribution is 5.65. The van der Waals surface area contributed by atoms with Crippen LogP contribution in [0.3, 0.4) is 0 Å². The van der Waals surface area contributed by atoms with Crippen molar-refractivity contribution in [3.8, 4) is 11.1 Å². The number of nitrogens with one attached hydrogen (secondary N) is 1. The van der Waals surface area contributed by atoms with Gasteiger partial charge in [0.25, 0.3) is 0 Å². The van der Waals surface area contributed by atoms with E-state index in [0.29, 0.717) is 5.56 Å². The first-order valence-corrected chi connectivity index (χ1v) is 5.95. The fraction of sp³-hybridized carbons (Fsp3) is 0.200. The molecule has 100 valence electrons. The van der Waals surface area contributed by atoms with Crippen LogP contribution in [0.2, 0.25) is 0 Å². The van der Waals surface area contributed by atoms with Crippen LogP contribution in [0.4, 0.5) is 13.2 Å². The van der Waals surface area contributed by atoms with Gasteiger partial charge >= 0.3 is 0 Å². The van der Waals surface area contributed by atoms with Crippen molar-refractivity contribution in [2.45, 2.75) is 13.0 Å². The lowest BCUT2D eigenvalue weighted by atomic mass is 9.99. The molecule has 0 spiro atoms. The van der Waals surface area contributed by atoms with Gasteiger partial charge in [-0.3, -0.25) is 0 Å². The van der Waals surface area contributed by atoms with E-state index in [1.165, 1.54) is 12.1 Å². The van der Waals surface area contributed by atoms with Crippen LogP contribution >= 0.6 is 0 Å². The Morgan fingerprint density at radius 2 is 1.58 bits per heavy atom. The summed E-state index contributed by atoms with van der Waals surface area (Å²) in [7, 11) is 1.80. The minimum Gasteiger partial charge on any atom is -0.313 e. The quantitative estimate of drug-likeness (QED) is 0.882. The zero-order valence-corrected chi connectivity index (χ0v) is 10.7. The van der Waals surface area contributed by atoms with Gasteiger partial charge in [-0.15, -0.1) is 0 Å². The number of benzene rings is 2. The van der Waals surface area contributed by atoms with Crippen molar-refractivity contribution in [3.05, 3.63) is 59.4 Å². The molecule has 1 N–H and O–H groups in total. The Labute approximate surface area is 110 Å². The first-order valence-electron chi connectivity index (χ1n) is 5.95. The maximum atomic E-state index is 13.8. The molecule has 0 bridgehead atoms. The predicted octanol–water partition coefficient (Wildman–Crippen LogP) is 4.05. The molecule has 2 aromatic carbocycles. The van der Waals surface area contributed by atoms with Crippen molar-refractivity contribution in [3.63, 3.8) is 0 Å². The molecule has 4 heteroatoms. The third-order valence-electron chi connectivity index (χ3n) is 3.15. The summed E-state index contributed by atoms with van der Waals surface area (Å²) in [5.41, 5.74) is 1.46. The molecule has 2 rings (SSSR count). The average Bonchev–Trinajstić information content (AvgIpc) is 2.41. The van der Waals surface area contributed by atoms with Crippen LogP contribution in [0.25, 0.3) is 11.1 Å². The SMILES string of the molecule is CNC(C)c1ccc(F)c(-c2ccc(F)c(F)c2)c1. The third-order valence-corrected chi connectivity index (χ3v) is 3.15. The molecule has 0 aliphatic carbocycles. The molecule has 0 saturated heterocycles. The van der Waals surface area contributed by atoms with Crippen molar-refractivity contribution < 1.29 is 13.2 Å². The van der Waals surface area contributed by atoms with Crippen molar-refractivity contribution in [2.75, 3.05) is 7.05 Å². The molecule has 0 aliphatic rings. The molecule has 0 radical (unpaired) electrons. The Bertz CT molecular complexity index is 596. The second-order valence-electron chi connectivity index (χ2n) is 4.38. The number of halogens is 3. The Balaban J connectivity index is 2.51. The molecule has 0 aromatic heterocycles. The maximum absolute atomic E-state index is 13.8. The summed E-state index contributed by atoms with van der Waals surface area (Å²) >= 11 is 0. The molecule has 1 unspecified atom stereocenters. The Morgan fingerprint density at radius 3 is 2.21 bits per heavy atom. The summed E-state index contributed by atoms with van der Waals surface area (Å²) in [5, 5.41) is 3.04. The fourth-order valence-electron chi connectivity index (χ4n) is 1.86. The van der Waals surface area contributed by atoms with Gasteiger partial charge in [0.1, 0.15) is 5.82 Å². The van der Waals surface area contributed by atoms with E-state index < -0.39 is 17.5 Å². The molecule has 0 heterocycles. The second-order valence-corrected chi connectivity index (χ2v) is 4.38. The minimum atomic E-state index is -0.982. The van der Waals surface area contributed by atoms with Gasteiger partial charge in [0.15, 0.2) is 11.6 Å². The van der Waals surface area contributed by atoms with E-state index in [2.05, 4.69) is 5.32 Å². The summed E-state index contributed by atoms with van der Waals surface area (Å²) in [5.74, 6) is -2.38. The van der Waals surface area contributed by atoms with Gasteiger partial charge in [-0.05, 0) is 49.4 Å². The minimum absolute atomic E-state index is 0.0460. The van der Waals surface area contributed by atoms with Crippen LogP contribution < -0.4 is 5.32 Å². The molecule has 1 nitrogen and oxygen atoms in total. The van der Waals surface area contributed by atoms with Gasteiger partial charge in [-0.2, -0.15) is 0 Å². The number of hydrogen-bond acceptors (Lipinski definition) is 1. The standard InChI is InChI=1S/C15H14F3N/c1-9(19-2)10-3-5-13(16)12(7-10)11-4-6-14(17)15(18)8-11/h3-9,19H,1-2H3. The number of hydrogen-bond donors (Lipinski definition) is 1. The van der Waals surface area contributed by atoms with Crippen molar-refractivity contribution in [1.82, 2.24) is 5.32 Å². The van der Waals surface area contributed by atoms with Gasteiger partial charge in [0.2, 0.25) is 0 Å². The summed E-state index contributed by atoms with van der Waals surface area (Å²) < 4.78 is 39.9. The average molecular weight is 265 g/mol. The summed E-state index contributed by atoms with van der Waals surface area (Å²) in [6.45, 7) is 1.93. The zero-order valence-electron chi connectivity index (χ0n) is 10.7. The topological polar surface area (TPSA) is 12.0 Å². The largest absolute Gasteiger partial charge is 0.313 e. The normalized spacial score (nSPS) is 12.5.